The van der Waals surface area contributed by atoms with E-state index in [1.54, 1.807) is 6.20 Å². The third kappa shape index (κ3) is 1.95. The van der Waals surface area contributed by atoms with Gasteiger partial charge in [0.2, 0.25) is 0 Å². The van der Waals surface area contributed by atoms with E-state index in [0.29, 0.717) is 0 Å². The van der Waals surface area contributed by atoms with Crippen LogP contribution in [0.4, 0.5) is 5.82 Å². The van der Waals surface area contributed by atoms with Crippen molar-refractivity contribution in [3.63, 3.8) is 0 Å². The summed E-state index contributed by atoms with van der Waals surface area (Å²) in [6.45, 7) is 2.94. The standard InChI is InChI=1S/C14H15BrClN3/c1-13(7-17)2-4-14(5-3-13)8-19-12-10(14)11(16)9(15)6-18-12/h6H,2-5,8H2,1H3,(H,18,19)/t13-,14-. The van der Waals surface area contributed by atoms with Crippen LogP contribution in [0.25, 0.3) is 0 Å². The molecule has 1 N–H and O–H groups in total. The molecule has 0 atom stereocenters. The fourth-order valence-corrected chi connectivity index (χ4v) is 3.88. The predicted molar refractivity (Wildman–Crippen MR) is 79.3 cm³/mol. The molecule has 3 rings (SSSR count). The number of nitrogens with one attached hydrogen (secondary N) is 1. The van der Waals surface area contributed by atoms with Crippen molar-refractivity contribution >= 4 is 33.3 Å². The molecule has 0 amide bonds. The van der Waals surface area contributed by atoms with Crippen LogP contribution in [0.5, 0.6) is 0 Å². The van der Waals surface area contributed by atoms with E-state index in [-0.39, 0.29) is 10.8 Å². The molecule has 0 saturated heterocycles. The second-order valence-electron chi connectivity index (χ2n) is 5.95. The maximum absolute atomic E-state index is 9.26. The number of nitriles is 1. The number of fused-ring (bicyclic) bond motifs is 2. The topological polar surface area (TPSA) is 48.7 Å². The van der Waals surface area contributed by atoms with Crippen molar-refractivity contribution in [2.75, 3.05) is 11.9 Å². The summed E-state index contributed by atoms with van der Waals surface area (Å²) >= 11 is 9.93. The van der Waals surface area contributed by atoms with Gasteiger partial charge in [0.25, 0.3) is 0 Å². The van der Waals surface area contributed by atoms with Crippen molar-refractivity contribution in [1.29, 1.82) is 5.26 Å². The number of hydrogen-bond donors (Lipinski definition) is 1. The van der Waals surface area contributed by atoms with E-state index in [4.69, 9.17) is 11.6 Å². The lowest BCUT2D eigenvalue weighted by Crippen LogP contribution is -2.37. The molecule has 0 aromatic carbocycles. The summed E-state index contributed by atoms with van der Waals surface area (Å²) in [6, 6.07) is 2.46. The highest BCUT2D eigenvalue weighted by atomic mass is 79.9. The van der Waals surface area contributed by atoms with E-state index in [9.17, 15) is 5.26 Å². The first kappa shape index (κ1) is 13.2. The van der Waals surface area contributed by atoms with Gasteiger partial charge in [0.05, 0.1) is 21.0 Å². The highest BCUT2D eigenvalue weighted by Gasteiger charge is 2.47. The summed E-state index contributed by atoms with van der Waals surface area (Å²) in [5.41, 5.74) is 1.02. The first-order valence-electron chi connectivity index (χ1n) is 6.49. The molecule has 3 nitrogen and oxygen atoms in total. The van der Waals surface area contributed by atoms with Crippen LogP contribution in [-0.2, 0) is 5.41 Å². The summed E-state index contributed by atoms with van der Waals surface area (Å²) in [5.74, 6) is 0.911. The van der Waals surface area contributed by atoms with Crippen LogP contribution in [-0.4, -0.2) is 11.5 Å². The van der Waals surface area contributed by atoms with E-state index < -0.39 is 0 Å². The molecule has 2 heterocycles. The van der Waals surface area contributed by atoms with Gasteiger partial charge in [0.1, 0.15) is 5.82 Å². The molecule has 100 valence electrons. The van der Waals surface area contributed by atoms with Crippen molar-refractivity contribution in [3.05, 3.63) is 21.3 Å². The third-order valence-electron chi connectivity index (χ3n) is 4.68. The summed E-state index contributed by atoms with van der Waals surface area (Å²) in [5, 5.41) is 13.4. The molecule has 1 spiro atoms. The van der Waals surface area contributed by atoms with Crippen LogP contribution >= 0.6 is 27.5 Å². The Morgan fingerprint density at radius 1 is 1.42 bits per heavy atom. The van der Waals surface area contributed by atoms with E-state index in [0.717, 1.165) is 53.1 Å². The fraction of sp³-hybridized carbons (Fsp3) is 0.571. The lowest BCUT2D eigenvalue weighted by molar-refractivity contribution is 0.207. The Kier molecular flexibility index (Phi) is 3.03. The molecule has 19 heavy (non-hydrogen) atoms. The van der Waals surface area contributed by atoms with Gasteiger partial charge < -0.3 is 5.32 Å². The molecule has 0 radical (unpaired) electrons. The largest absolute Gasteiger partial charge is 0.369 e. The normalized spacial score (nSPS) is 32.7. The monoisotopic (exact) mass is 339 g/mol. The van der Waals surface area contributed by atoms with Crippen molar-refractivity contribution in [2.45, 2.75) is 38.0 Å². The molecule has 1 aliphatic carbocycles. The quantitative estimate of drug-likeness (QED) is 0.767. The van der Waals surface area contributed by atoms with Crippen LogP contribution < -0.4 is 5.32 Å². The predicted octanol–water partition coefficient (Wildman–Crippen LogP) is 4.26. The summed E-state index contributed by atoms with van der Waals surface area (Å²) in [6.07, 6.45) is 5.58. The minimum atomic E-state index is -0.181. The summed E-state index contributed by atoms with van der Waals surface area (Å²) in [4.78, 5) is 4.42. The minimum absolute atomic E-state index is 0.0551. The van der Waals surface area contributed by atoms with Gasteiger partial charge in [0.15, 0.2) is 0 Å². The maximum Gasteiger partial charge on any atom is 0.131 e. The van der Waals surface area contributed by atoms with Gasteiger partial charge in [-0.05, 0) is 48.5 Å². The van der Waals surface area contributed by atoms with E-state index in [2.05, 4.69) is 39.2 Å². The van der Waals surface area contributed by atoms with Gasteiger partial charge in [-0.3, -0.25) is 0 Å². The summed E-state index contributed by atoms with van der Waals surface area (Å²) in [7, 11) is 0. The Morgan fingerprint density at radius 3 is 2.74 bits per heavy atom. The number of halogens is 2. The molecule has 0 unspecified atom stereocenters. The zero-order valence-corrected chi connectivity index (χ0v) is 13.1. The Balaban J connectivity index is 2.00. The first-order valence-corrected chi connectivity index (χ1v) is 7.66. The second kappa shape index (κ2) is 4.36. The molecule has 1 fully saturated rings. The number of hydrogen-bond acceptors (Lipinski definition) is 3. The van der Waals surface area contributed by atoms with Gasteiger partial charge in [-0.15, -0.1) is 0 Å². The van der Waals surface area contributed by atoms with Gasteiger partial charge >= 0.3 is 0 Å². The molecule has 1 aromatic heterocycles. The van der Waals surface area contributed by atoms with Crippen LogP contribution in [0.1, 0.15) is 38.2 Å². The van der Waals surface area contributed by atoms with E-state index in [1.807, 2.05) is 0 Å². The van der Waals surface area contributed by atoms with Crippen molar-refractivity contribution in [1.82, 2.24) is 4.98 Å². The highest BCUT2D eigenvalue weighted by molar-refractivity contribution is 9.10. The fourth-order valence-electron chi connectivity index (χ4n) is 3.24. The van der Waals surface area contributed by atoms with Crippen LogP contribution in [0.15, 0.2) is 10.7 Å². The summed E-state index contributed by atoms with van der Waals surface area (Å²) < 4.78 is 0.851. The van der Waals surface area contributed by atoms with Crippen LogP contribution in [0, 0.1) is 16.7 Å². The molecule has 0 bridgehead atoms. The Labute approximate surface area is 126 Å². The number of nitrogens with zero attached hydrogens (tertiary/aromatic N) is 2. The first-order chi connectivity index (χ1) is 9.00. The molecule has 1 saturated carbocycles. The Morgan fingerprint density at radius 2 is 2.11 bits per heavy atom. The molecule has 2 aliphatic rings. The highest BCUT2D eigenvalue weighted by Crippen LogP contribution is 2.53. The number of anilines is 1. The zero-order chi connectivity index (χ0) is 13.7. The smallest absolute Gasteiger partial charge is 0.131 e. The molecule has 5 heteroatoms. The number of pyridine rings is 1. The maximum atomic E-state index is 9.26. The van der Waals surface area contributed by atoms with Gasteiger partial charge in [-0.2, -0.15) is 5.26 Å². The van der Waals surface area contributed by atoms with Crippen molar-refractivity contribution in [3.8, 4) is 6.07 Å². The van der Waals surface area contributed by atoms with E-state index >= 15 is 0 Å². The second-order valence-corrected chi connectivity index (χ2v) is 7.18. The Hall–Kier alpha value is -0.790. The Bertz CT molecular complexity index is 571. The molecule has 1 aliphatic heterocycles. The molecule has 1 aromatic rings. The average Bonchev–Trinajstić information content (AvgIpc) is 2.78. The van der Waals surface area contributed by atoms with Gasteiger partial charge in [-0.1, -0.05) is 11.6 Å². The lowest BCUT2D eigenvalue weighted by Gasteiger charge is -2.39. The van der Waals surface area contributed by atoms with Crippen LogP contribution in [0.2, 0.25) is 5.02 Å². The molecular formula is C14H15BrClN3. The molecular weight excluding hydrogens is 326 g/mol. The average molecular weight is 341 g/mol. The minimum Gasteiger partial charge on any atom is -0.369 e. The van der Waals surface area contributed by atoms with E-state index in [1.165, 1.54) is 0 Å². The van der Waals surface area contributed by atoms with Crippen molar-refractivity contribution in [2.24, 2.45) is 5.41 Å². The number of aromatic nitrogens is 1. The van der Waals surface area contributed by atoms with Gasteiger partial charge in [-0.25, -0.2) is 4.98 Å². The lowest BCUT2D eigenvalue weighted by atomic mass is 9.63. The van der Waals surface area contributed by atoms with Crippen LogP contribution in [0.3, 0.4) is 0 Å². The van der Waals surface area contributed by atoms with Crippen molar-refractivity contribution < 1.29 is 0 Å². The number of rotatable bonds is 0. The third-order valence-corrected chi connectivity index (χ3v) is 5.90. The zero-order valence-electron chi connectivity index (χ0n) is 10.8. The SMILES string of the molecule is C[C@]1(C#N)CC[C@]2(CC1)CNc1ncc(Br)c(Cl)c12. The van der Waals surface area contributed by atoms with Gasteiger partial charge in [0, 0.05) is 23.7 Å².